The average molecular weight is 292 g/mol. The van der Waals surface area contributed by atoms with E-state index in [1.807, 2.05) is 19.1 Å². The van der Waals surface area contributed by atoms with Crippen molar-refractivity contribution in [3.8, 4) is 11.3 Å². The van der Waals surface area contributed by atoms with Gasteiger partial charge in [0.05, 0.1) is 5.69 Å². The van der Waals surface area contributed by atoms with Gasteiger partial charge < -0.3 is 8.94 Å². The summed E-state index contributed by atoms with van der Waals surface area (Å²) in [7, 11) is 0. The van der Waals surface area contributed by atoms with E-state index in [0.717, 1.165) is 23.1 Å². The second-order valence-corrected chi connectivity index (χ2v) is 5.01. The molecule has 4 rings (SSSR count). The van der Waals surface area contributed by atoms with Gasteiger partial charge in [-0.3, -0.25) is 9.78 Å². The molecule has 5 nitrogen and oxygen atoms in total. The molecule has 0 atom stereocenters. The smallest absolute Gasteiger partial charge is 0.197 e. The van der Waals surface area contributed by atoms with Gasteiger partial charge in [0.1, 0.15) is 16.7 Å². The first-order valence-electron chi connectivity index (χ1n) is 7.03. The summed E-state index contributed by atoms with van der Waals surface area (Å²) in [4.78, 5) is 16.6. The molecule has 0 radical (unpaired) electrons. The number of benzene rings is 1. The summed E-state index contributed by atoms with van der Waals surface area (Å²) >= 11 is 0. The van der Waals surface area contributed by atoms with Crippen LogP contribution in [-0.4, -0.2) is 10.1 Å². The molecule has 1 aromatic carbocycles. The number of hydrogen-bond donors (Lipinski definition) is 0. The topological polar surface area (TPSA) is 69.1 Å². The van der Waals surface area contributed by atoms with Crippen molar-refractivity contribution in [2.45, 2.75) is 13.3 Å². The monoisotopic (exact) mass is 292 g/mol. The van der Waals surface area contributed by atoms with Crippen molar-refractivity contribution in [2.24, 2.45) is 0 Å². The van der Waals surface area contributed by atoms with Gasteiger partial charge in [-0.05, 0) is 30.7 Å². The zero-order valence-electron chi connectivity index (χ0n) is 11.9. The van der Waals surface area contributed by atoms with Crippen LogP contribution in [0.2, 0.25) is 0 Å². The van der Waals surface area contributed by atoms with Crippen LogP contribution in [0.1, 0.15) is 12.6 Å². The molecular formula is C17H12N2O3. The fraction of sp³-hybridized carbons (Fsp3) is 0.118. The summed E-state index contributed by atoms with van der Waals surface area (Å²) in [5.74, 6) is 0.486. The van der Waals surface area contributed by atoms with Gasteiger partial charge in [0.15, 0.2) is 11.0 Å². The van der Waals surface area contributed by atoms with Gasteiger partial charge in [-0.1, -0.05) is 12.1 Å². The maximum Gasteiger partial charge on any atom is 0.197 e. The maximum atomic E-state index is 12.5. The predicted octanol–water partition coefficient (Wildman–Crippen LogP) is 3.56. The van der Waals surface area contributed by atoms with Gasteiger partial charge >= 0.3 is 0 Å². The molecule has 3 aromatic heterocycles. The van der Waals surface area contributed by atoms with Crippen molar-refractivity contribution < 1.29 is 8.94 Å². The van der Waals surface area contributed by atoms with Crippen molar-refractivity contribution in [1.29, 1.82) is 0 Å². The number of hydrogen-bond acceptors (Lipinski definition) is 5. The highest BCUT2D eigenvalue weighted by atomic mass is 16.5. The van der Waals surface area contributed by atoms with E-state index in [4.69, 9.17) is 8.94 Å². The highest BCUT2D eigenvalue weighted by Crippen LogP contribution is 2.28. The van der Waals surface area contributed by atoms with Crippen LogP contribution in [0.15, 0.2) is 56.5 Å². The Kier molecular flexibility index (Phi) is 2.79. The molecule has 0 unspecified atom stereocenters. The Morgan fingerprint density at radius 2 is 2.14 bits per heavy atom. The Bertz CT molecular complexity index is 1030. The molecule has 0 bridgehead atoms. The fourth-order valence-corrected chi connectivity index (χ4v) is 2.60. The van der Waals surface area contributed by atoms with Crippen LogP contribution < -0.4 is 5.43 Å². The lowest BCUT2D eigenvalue weighted by atomic mass is 10.1. The number of pyridine rings is 1. The molecule has 0 spiro atoms. The molecular weight excluding hydrogens is 280 g/mol. The lowest BCUT2D eigenvalue weighted by Crippen LogP contribution is -2.00. The lowest BCUT2D eigenvalue weighted by Gasteiger charge is -2.02. The second-order valence-electron chi connectivity index (χ2n) is 5.01. The van der Waals surface area contributed by atoms with E-state index >= 15 is 0 Å². The van der Waals surface area contributed by atoms with Crippen molar-refractivity contribution in [3.05, 3.63) is 58.6 Å². The van der Waals surface area contributed by atoms with E-state index in [1.165, 1.54) is 6.07 Å². The minimum atomic E-state index is -0.149. The van der Waals surface area contributed by atoms with Gasteiger partial charge in [0.2, 0.25) is 0 Å². The van der Waals surface area contributed by atoms with Crippen LogP contribution in [-0.2, 0) is 6.42 Å². The van der Waals surface area contributed by atoms with E-state index in [9.17, 15) is 4.79 Å². The number of rotatable bonds is 2. The standard InChI is InChI=1S/C17H12N2O3/c1-2-12-11-5-6-14-16(17(11)22-19-12)13(20)8-15(21-14)10-4-3-7-18-9-10/h3-9H,2H2,1H3. The lowest BCUT2D eigenvalue weighted by molar-refractivity contribution is 0.449. The van der Waals surface area contributed by atoms with Crippen molar-refractivity contribution in [2.75, 3.05) is 0 Å². The molecule has 22 heavy (non-hydrogen) atoms. The van der Waals surface area contributed by atoms with Gasteiger partial charge in [-0.25, -0.2) is 0 Å². The molecule has 0 aliphatic rings. The largest absolute Gasteiger partial charge is 0.456 e. The van der Waals surface area contributed by atoms with E-state index in [-0.39, 0.29) is 5.43 Å². The fourth-order valence-electron chi connectivity index (χ4n) is 2.60. The molecule has 0 aliphatic carbocycles. The van der Waals surface area contributed by atoms with Crippen LogP contribution in [0.4, 0.5) is 0 Å². The Balaban J connectivity index is 2.05. The number of aryl methyl sites for hydroxylation is 1. The molecule has 0 amide bonds. The summed E-state index contributed by atoms with van der Waals surface area (Å²) in [6.45, 7) is 2.00. The van der Waals surface area contributed by atoms with E-state index in [2.05, 4.69) is 10.1 Å². The van der Waals surface area contributed by atoms with E-state index in [0.29, 0.717) is 22.3 Å². The van der Waals surface area contributed by atoms with Gasteiger partial charge in [-0.2, -0.15) is 0 Å². The maximum absolute atomic E-state index is 12.5. The van der Waals surface area contributed by atoms with E-state index in [1.54, 1.807) is 24.5 Å². The minimum absolute atomic E-state index is 0.149. The molecule has 5 heteroatoms. The minimum Gasteiger partial charge on any atom is -0.456 e. The Labute approximate surface area is 125 Å². The highest BCUT2D eigenvalue weighted by Gasteiger charge is 2.15. The molecule has 0 fully saturated rings. The molecule has 0 saturated heterocycles. The van der Waals surface area contributed by atoms with Crippen molar-refractivity contribution >= 4 is 21.9 Å². The Morgan fingerprint density at radius 3 is 2.91 bits per heavy atom. The molecule has 108 valence electrons. The first kappa shape index (κ1) is 12.8. The molecule has 0 saturated carbocycles. The third-order valence-electron chi connectivity index (χ3n) is 3.69. The average Bonchev–Trinajstić information content (AvgIpc) is 2.98. The Hall–Kier alpha value is -2.95. The van der Waals surface area contributed by atoms with Gasteiger partial charge in [-0.15, -0.1) is 0 Å². The van der Waals surface area contributed by atoms with Crippen LogP contribution >= 0.6 is 0 Å². The molecule has 3 heterocycles. The summed E-state index contributed by atoms with van der Waals surface area (Å²) < 4.78 is 11.2. The van der Waals surface area contributed by atoms with Crippen molar-refractivity contribution in [3.63, 3.8) is 0 Å². The number of aromatic nitrogens is 2. The first-order valence-corrected chi connectivity index (χ1v) is 7.03. The summed E-state index contributed by atoms with van der Waals surface area (Å²) in [6.07, 6.45) is 4.08. The SMILES string of the molecule is CCc1noc2c1ccc1oc(-c3cccnc3)cc(=O)c12. The number of fused-ring (bicyclic) bond motifs is 3. The molecule has 0 aliphatic heterocycles. The van der Waals surface area contributed by atoms with Gasteiger partial charge in [0.25, 0.3) is 0 Å². The van der Waals surface area contributed by atoms with Crippen LogP contribution in [0.5, 0.6) is 0 Å². The Morgan fingerprint density at radius 1 is 1.23 bits per heavy atom. The zero-order chi connectivity index (χ0) is 15.1. The summed E-state index contributed by atoms with van der Waals surface area (Å²) in [6, 6.07) is 8.77. The van der Waals surface area contributed by atoms with E-state index < -0.39 is 0 Å². The van der Waals surface area contributed by atoms with Gasteiger partial charge in [0, 0.05) is 29.4 Å². The second kappa shape index (κ2) is 4.80. The third kappa shape index (κ3) is 1.83. The van der Waals surface area contributed by atoms with Crippen LogP contribution in [0.3, 0.4) is 0 Å². The first-order chi connectivity index (χ1) is 10.8. The third-order valence-corrected chi connectivity index (χ3v) is 3.69. The number of nitrogens with zero attached hydrogens (tertiary/aromatic N) is 2. The highest BCUT2D eigenvalue weighted by molar-refractivity contribution is 6.02. The summed E-state index contributed by atoms with van der Waals surface area (Å²) in [5, 5.41) is 5.31. The summed E-state index contributed by atoms with van der Waals surface area (Å²) in [5.41, 5.74) is 2.42. The zero-order valence-corrected chi connectivity index (χ0v) is 11.9. The molecule has 0 N–H and O–H groups in total. The van der Waals surface area contributed by atoms with Crippen molar-refractivity contribution in [1.82, 2.24) is 10.1 Å². The normalized spacial score (nSPS) is 11.3. The van der Waals surface area contributed by atoms with Crippen LogP contribution in [0, 0.1) is 0 Å². The molecule has 4 aromatic rings. The van der Waals surface area contributed by atoms with Crippen LogP contribution in [0.25, 0.3) is 33.3 Å². The predicted molar refractivity (Wildman–Crippen MR) is 82.7 cm³/mol. The quantitative estimate of drug-likeness (QED) is 0.565.